The van der Waals surface area contributed by atoms with E-state index in [4.69, 9.17) is 4.74 Å². The van der Waals surface area contributed by atoms with Gasteiger partial charge in [-0.15, -0.1) is 0 Å². The Morgan fingerprint density at radius 3 is 2.61 bits per heavy atom. The Balaban J connectivity index is 1.90. The van der Waals surface area contributed by atoms with Crippen LogP contribution in [0.3, 0.4) is 0 Å². The Labute approximate surface area is 134 Å². The number of rotatable bonds is 4. The molecule has 23 heavy (non-hydrogen) atoms. The molecule has 4 nitrogen and oxygen atoms in total. The zero-order valence-electron chi connectivity index (χ0n) is 13.4. The Bertz CT molecular complexity index is 685. The fourth-order valence-corrected chi connectivity index (χ4v) is 3.22. The number of pyridine rings is 1. The first-order valence-electron chi connectivity index (χ1n) is 7.78. The van der Waals surface area contributed by atoms with Crippen molar-refractivity contribution in [1.29, 1.82) is 0 Å². The fourth-order valence-electron chi connectivity index (χ4n) is 3.22. The van der Waals surface area contributed by atoms with E-state index >= 15 is 0 Å². The van der Waals surface area contributed by atoms with E-state index in [-0.39, 0.29) is 6.54 Å². The van der Waals surface area contributed by atoms with Crippen LogP contribution < -0.4 is 9.64 Å². The summed E-state index contributed by atoms with van der Waals surface area (Å²) in [7, 11) is 1.64. The summed E-state index contributed by atoms with van der Waals surface area (Å²) in [5.74, 6) is 0.750. The third kappa shape index (κ3) is 3.22. The minimum Gasteiger partial charge on any atom is -0.494 e. The summed E-state index contributed by atoms with van der Waals surface area (Å²) in [4.78, 5) is 8.58. The third-order valence-corrected chi connectivity index (χ3v) is 4.32. The first-order valence-corrected chi connectivity index (χ1v) is 7.78. The van der Waals surface area contributed by atoms with Gasteiger partial charge in [-0.05, 0) is 18.6 Å². The number of aromatic nitrogens is 1. The minimum atomic E-state index is -2.27. The number of halogens is 2. The van der Waals surface area contributed by atoms with Gasteiger partial charge in [-0.25, -0.2) is 8.78 Å². The van der Waals surface area contributed by atoms with E-state index in [2.05, 4.69) is 9.88 Å². The van der Waals surface area contributed by atoms with E-state index < -0.39 is 6.43 Å². The summed E-state index contributed by atoms with van der Waals surface area (Å²) in [6.07, 6.45) is -0.416. The number of aryl methyl sites for hydroxylation is 1. The standard InChI is InChI=1S/C17H21F2N3O/c1-12-10-20-16-13(4-3-5-14(16)23-2)17(12)22-8-6-21(7-9-22)11-15(18)19/h3-5,10,15H,6-9,11H2,1-2H3. The molecule has 124 valence electrons. The Morgan fingerprint density at radius 1 is 1.22 bits per heavy atom. The van der Waals surface area contributed by atoms with Crippen molar-refractivity contribution in [2.45, 2.75) is 13.3 Å². The molecule has 0 N–H and O–H groups in total. The van der Waals surface area contributed by atoms with E-state index in [0.717, 1.165) is 41.0 Å². The molecule has 0 bridgehead atoms. The lowest BCUT2D eigenvalue weighted by Crippen LogP contribution is -2.48. The first kappa shape index (κ1) is 15.9. The number of hydrogen-bond acceptors (Lipinski definition) is 4. The predicted octanol–water partition coefficient (Wildman–Crippen LogP) is 2.94. The summed E-state index contributed by atoms with van der Waals surface area (Å²) >= 11 is 0. The monoisotopic (exact) mass is 321 g/mol. The van der Waals surface area contributed by atoms with E-state index in [0.29, 0.717) is 13.1 Å². The number of benzene rings is 1. The molecule has 0 aliphatic carbocycles. The highest BCUT2D eigenvalue weighted by Gasteiger charge is 2.22. The maximum absolute atomic E-state index is 12.5. The SMILES string of the molecule is COc1cccc2c(N3CCN(CC(F)F)CC3)c(C)cnc12. The van der Waals surface area contributed by atoms with Gasteiger partial charge in [-0.2, -0.15) is 0 Å². The Kier molecular flexibility index (Phi) is 4.61. The van der Waals surface area contributed by atoms with Crippen molar-refractivity contribution in [2.75, 3.05) is 44.7 Å². The van der Waals surface area contributed by atoms with Gasteiger partial charge in [0.25, 0.3) is 6.43 Å². The van der Waals surface area contributed by atoms with Crippen LogP contribution in [0.4, 0.5) is 14.5 Å². The van der Waals surface area contributed by atoms with Crippen LogP contribution in [0.15, 0.2) is 24.4 Å². The molecule has 1 aromatic carbocycles. The van der Waals surface area contributed by atoms with E-state index in [9.17, 15) is 8.78 Å². The Morgan fingerprint density at radius 2 is 1.96 bits per heavy atom. The third-order valence-electron chi connectivity index (χ3n) is 4.32. The van der Waals surface area contributed by atoms with E-state index in [1.54, 1.807) is 7.11 Å². The number of anilines is 1. The molecule has 1 saturated heterocycles. The number of alkyl halides is 2. The maximum atomic E-state index is 12.5. The number of para-hydroxylation sites is 1. The number of nitrogens with zero attached hydrogens (tertiary/aromatic N) is 3. The average molecular weight is 321 g/mol. The second-order valence-electron chi connectivity index (χ2n) is 5.83. The van der Waals surface area contributed by atoms with Crippen LogP contribution in [0.1, 0.15) is 5.56 Å². The number of ether oxygens (including phenoxy) is 1. The van der Waals surface area contributed by atoms with Crippen LogP contribution in [0.2, 0.25) is 0 Å². The number of piperazine rings is 1. The average Bonchev–Trinajstić information content (AvgIpc) is 2.54. The lowest BCUT2D eigenvalue weighted by Gasteiger charge is -2.37. The summed E-state index contributed by atoms with van der Waals surface area (Å²) in [5, 5.41) is 1.05. The second kappa shape index (κ2) is 6.66. The van der Waals surface area contributed by atoms with E-state index in [1.165, 1.54) is 0 Å². The van der Waals surface area contributed by atoms with Crippen LogP contribution in [-0.2, 0) is 0 Å². The highest BCUT2D eigenvalue weighted by atomic mass is 19.3. The minimum absolute atomic E-state index is 0.141. The molecule has 3 rings (SSSR count). The molecule has 0 spiro atoms. The summed E-state index contributed by atoms with van der Waals surface area (Å²) in [6, 6.07) is 5.90. The maximum Gasteiger partial charge on any atom is 0.251 e. The molecule has 0 atom stereocenters. The number of fused-ring (bicyclic) bond motifs is 1. The number of hydrogen-bond donors (Lipinski definition) is 0. The van der Waals surface area contributed by atoms with Crippen LogP contribution >= 0.6 is 0 Å². The van der Waals surface area contributed by atoms with Crippen molar-refractivity contribution in [2.24, 2.45) is 0 Å². The van der Waals surface area contributed by atoms with Gasteiger partial charge < -0.3 is 9.64 Å². The van der Waals surface area contributed by atoms with Crippen LogP contribution in [0.25, 0.3) is 10.9 Å². The molecule has 0 unspecified atom stereocenters. The second-order valence-corrected chi connectivity index (χ2v) is 5.83. The quantitative estimate of drug-likeness (QED) is 0.866. The van der Waals surface area contributed by atoms with Gasteiger partial charge in [0.1, 0.15) is 11.3 Å². The molecular formula is C17H21F2N3O. The van der Waals surface area contributed by atoms with Gasteiger partial charge in [0.15, 0.2) is 0 Å². The molecule has 2 heterocycles. The predicted molar refractivity (Wildman–Crippen MR) is 87.7 cm³/mol. The lowest BCUT2D eigenvalue weighted by atomic mass is 10.1. The van der Waals surface area contributed by atoms with Crippen LogP contribution in [-0.4, -0.2) is 56.1 Å². The van der Waals surface area contributed by atoms with Gasteiger partial charge in [0.05, 0.1) is 19.3 Å². The largest absolute Gasteiger partial charge is 0.494 e. The molecule has 6 heteroatoms. The summed E-state index contributed by atoms with van der Waals surface area (Å²) in [5.41, 5.74) is 3.06. The van der Waals surface area contributed by atoms with Gasteiger partial charge in [0, 0.05) is 37.8 Å². The smallest absolute Gasteiger partial charge is 0.251 e. The van der Waals surface area contributed by atoms with Crippen LogP contribution in [0.5, 0.6) is 5.75 Å². The van der Waals surface area contributed by atoms with Crippen molar-refractivity contribution in [3.8, 4) is 5.75 Å². The van der Waals surface area contributed by atoms with Crippen molar-refractivity contribution < 1.29 is 13.5 Å². The van der Waals surface area contributed by atoms with Crippen molar-refractivity contribution in [3.63, 3.8) is 0 Å². The highest BCUT2D eigenvalue weighted by Crippen LogP contribution is 2.34. The fraction of sp³-hybridized carbons (Fsp3) is 0.471. The normalized spacial score (nSPS) is 16.3. The highest BCUT2D eigenvalue weighted by molar-refractivity contribution is 5.96. The molecule has 0 saturated carbocycles. The Hall–Kier alpha value is -1.95. The van der Waals surface area contributed by atoms with Gasteiger partial charge in [0.2, 0.25) is 0 Å². The molecule has 0 amide bonds. The van der Waals surface area contributed by atoms with Crippen molar-refractivity contribution >= 4 is 16.6 Å². The van der Waals surface area contributed by atoms with Gasteiger partial charge in [-0.3, -0.25) is 9.88 Å². The topological polar surface area (TPSA) is 28.6 Å². The summed E-state index contributed by atoms with van der Waals surface area (Å²) < 4.78 is 30.4. The zero-order chi connectivity index (χ0) is 16.4. The van der Waals surface area contributed by atoms with Crippen molar-refractivity contribution in [1.82, 2.24) is 9.88 Å². The zero-order valence-corrected chi connectivity index (χ0v) is 13.4. The summed E-state index contributed by atoms with van der Waals surface area (Å²) in [6.45, 7) is 4.67. The van der Waals surface area contributed by atoms with Crippen LogP contribution in [0, 0.1) is 6.92 Å². The van der Waals surface area contributed by atoms with Gasteiger partial charge >= 0.3 is 0 Å². The first-order chi connectivity index (χ1) is 11.1. The van der Waals surface area contributed by atoms with E-state index in [1.807, 2.05) is 36.2 Å². The molecular weight excluding hydrogens is 300 g/mol. The molecule has 1 aliphatic heterocycles. The van der Waals surface area contributed by atoms with Gasteiger partial charge in [-0.1, -0.05) is 12.1 Å². The van der Waals surface area contributed by atoms with Crippen molar-refractivity contribution in [3.05, 3.63) is 30.0 Å². The molecule has 0 radical (unpaired) electrons. The molecule has 1 aromatic heterocycles. The molecule has 1 aliphatic rings. The lowest BCUT2D eigenvalue weighted by molar-refractivity contribution is 0.0854. The molecule has 1 fully saturated rings. The number of methoxy groups -OCH3 is 1. The molecule has 2 aromatic rings.